The molecule has 0 aliphatic carbocycles. The highest BCUT2D eigenvalue weighted by Gasteiger charge is 2.09. The Morgan fingerprint density at radius 2 is 2.05 bits per heavy atom. The monoisotopic (exact) mass is 267 g/mol. The SMILES string of the molecule is C#CCOc1ccc2ccccc2c1CNC(C)CC. The van der Waals surface area contributed by atoms with Gasteiger partial charge < -0.3 is 10.1 Å². The second-order valence-corrected chi connectivity index (χ2v) is 4.95. The number of nitrogens with one attached hydrogen (secondary N) is 1. The molecule has 0 heterocycles. The molecule has 0 amide bonds. The normalized spacial score (nSPS) is 12.1. The lowest BCUT2D eigenvalue weighted by Crippen LogP contribution is -2.24. The Kier molecular flexibility index (Phi) is 5.03. The molecule has 1 atom stereocenters. The topological polar surface area (TPSA) is 21.3 Å². The summed E-state index contributed by atoms with van der Waals surface area (Å²) >= 11 is 0. The van der Waals surface area contributed by atoms with E-state index in [0.717, 1.165) is 18.7 Å². The summed E-state index contributed by atoms with van der Waals surface area (Å²) in [6.45, 7) is 5.45. The predicted molar refractivity (Wildman–Crippen MR) is 84.9 cm³/mol. The van der Waals surface area contributed by atoms with Crippen molar-refractivity contribution in [2.45, 2.75) is 32.9 Å². The zero-order valence-electron chi connectivity index (χ0n) is 12.1. The van der Waals surface area contributed by atoms with E-state index in [1.54, 1.807) is 0 Å². The first kappa shape index (κ1) is 14.4. The number of hydrogen-bond acceptors (Lipinski definition) is 2. The molecule has 0 aliphatic rings. The summed E-state index contributed by atoms with van der Waals surface area (Å²) in [5.41, 5.74) is 1.18. The van der Waals surface area contributed by atoms with E-state index in [9.17, 15) is 0 Å². The molecule has 0 spiro atoms. The molecule has 20 heavy (non-hydrogen) atoms. The summed E-state index contributed by atoms with van der Waals surface area (Å²) in [5, 5.41) is 5.97. The van der Waals surface area contributed by atoms with E-state index in [-0.39, 0.29) is 0 Å². The van der Waals surface area contributed by atoms with Crippen molar-refractivity contribution in [1.82, 2.24) is 5.32 Å². The fourth-order valence-corrected chi connectivity index (χ4v) is 2.17. The largest absolute Gasteiger partial charge is 0.481 e. The minimum atomic E-state index is 0.300. The van der Waals surface area contributed by atoms with E-state index >= 15 is 0 Å². The summed E-state index contributed by atoms with van der Waals surface area (Å²) in [4.78, 5) is 0. The average Bonchev–Trinajstić information content (AvgIpc) is 2.50. The van der Waals surface area contributed by atoms with Crippen molar-refractivity contribution in [1.29, 1.82) is 0 Å². The van der Waals surface area contributed by atoms with Gasteiger partial charge in [0, 0.05) is 18.2 Å². The maximum atomic E-state index is 5.68. The van der Waals surface area contributed by atoms with Gasteiger partial charge in [-0.05, 0) is 30.2 Å². The van der Waals surface area contributed by atoms with Crippen molar-refractivity contribution < 1.29 is 4.74 Å². The van der Waals surface area contributed by atoms with Crippen LogP contribution in [0.5, 0.6) is 5.75 Å². The van der Waals surface area contributed by atoms with Gasteiger partial charge >= 0.3 is 0 Å². The second kappa shape index (κ2) is 6.98. The Labute approximate surface area is 121 Å². The zero-order valence-corrected chi connectivity index (χ0v) is 12.1. The van der Waals surface area contributed by atoms with E-state index in [1.807, 2.05) is 6.07 Å². The molecule has 2 rings (SSSR count). The quantitative estimate of drug-likeness (QED) is 0.805. The third-order valence-electron chi connectivity index (χ3n) is 3.55. The average molecular weight is 267 g/mol. The Bertz CT molecular complexity index is 612. The third-order valence-corrected chi connectivity index (χ3v) is 3.55. The molecule has 0 fully saturated rings. The van der Waals surface area contributed by atoms with Crippen LogP contribution in [0.2, 0.25) is 0 Å². The summed E-state index contributed by atoms with van der Waals surface area (Å²) < 4.78 is 5.68. The molecule has 2 nitrogen and oxygen atoms in total. The van der Waals surface area contributed by atoms with Crippen LogP contribution in [0.25, 0.3) is 10.8 Å². The van der Waals surface area contributed by atoms with Gasteiger partial charge in [0.15, 0.2) is 0 Å². The number of ether oxygens (including phenoxy) is 1. The van der Waals surface area contributed by atoms with Gasteiger partial charge in [0.1, 0.15) is 12.4 Å². The molecule has 2 aromatic carbocycles. The van der Waals surface area contributed by atoms with Crippen LogP contribution < -0.4 is 10.1 Å². The van der Waals surface area contributed by atoms with Crippen LogP contribution >= 0.6 is 0 Å². The van der Waals surface area contributed by atoms with Crippen molar-refractivity contribution in [3.05, 3.63) is 42.0 Å². The molecule has 104 valence electrons. The van der Waals surface area contributed by atoms with E-state index in [1.165, 1.54) is 16.3 Å². The Hall–Kier alpha value is -1.98. The molecule has 2 aromatic rings. The maximum absolute atomic E-state index is 5.68. The van der Waals surface area contributed by atoms with Crippen LogP contribution in [0.3, 0.4) is 0 Å². The highest BCUT2D eigenvalue weighted by atomic mass is 16.5. The highest BCUT2D eigenvalue weighted by Crippen LogP contribution is 2.28. The lowest BCUT2D eigenvalue weighted by Gasteiger charge is -2.16. The Morgan fingerprint density at radius 3 is 2.80 bits per heavy atom. The maximum Gasteiger partial charge on any atom is 0.148 e. The minimum Gasteiger partial charge on any atom is -0.481 e. The van der Waals surface area contributed by atoms with Crippen molar-refractivity contribution in [3.63, 3.8) is 0 Å². The van der Waals surface area contributed by atoms with Crippen LogP contribution in [-0.2, 0) is 6.54 Å². The molecule has 0 radical (unpaired) electrons. The Balaban J connectivity index is 2.36. The summed E-state index contributed by atoms with van der Waals surface area (Å²) in [7, 11) is 0. The predicted octanol–water partition coefficient (Wildman–Crippen LogP) is 3.74. The van der Waals surface area contributed by atoms with Gasteiger partial charge in [-0.3, -0.25) is 0 Å². The summed E-state index contributed by atoms with van der Waals surface area (Å²) in [6, 6.07) is 12.9. The first-order valence-corrected chi connectivity index (χ1v) is 7.06. The first-order valence-electron chi connectivity index (χ1n) is 7.06. The van der Waals surface area contributed by atoms with Gasteiger partial charge in [-0.2, -0.15) is 0 Å². The van der Waals surface area contributed by atoms with Crippen molar-refractivity contribution in [2.75, 3.05) is 6.61 Å². The number of terminal acetylenes is 1. The summed E-state index contributed by atoms with van der Waals surface area (Å²) in [6.07, 6.45) is 6.39. The molecule has 2 heteroatoms. The van der Waals surface area contributed by atoms with E-state index < -0.39 is 0 Å². The lowest BCUT2D eigenvalue weighted by molar-refractivity contribution is 0.364. The van der Waals surface area contributed by atoms with Gasteiger partial charge in [-0.15, -0.1) is 6.42 Å². The van der Waals surface area contributed by atoms with Gasteiger partial charge in [-0.25, -0.2) is 0 Å². The van der Waals surface area contributed by atoms with Gasteiger partial charge in [0.2, 0.25) is 0 Å². The van der Waals surface area contributed by atoms with Crippen LogP contribution in [0.15, 0.2) is 36.4 Å². The molecular formula is C18H21NO. The molecule has 1 unspecified atom stereocenters. The van der Waals surface area contributed by atoms with Crippen LogP contribution in [0, 0.1) is 12.3 Å². The second-order valence-electron chi connectivity index (χ2n) is 4.95. The number of hydrogen-bond donors (Lipinski definition) is 1. The molecule has 1 N–H and O–H groups in total. The molecule has 0 saturated carbocycles. The molecule has 0 aliphatic heterocycles. The van der Waals surface area contributed by atoms with Gasteiger partial charge in [-0.1, -0.05) is 43.2 Å². The number of rotatable bonds is 6. The molecule has 0 aromatic heterocycles. The lowest BCUT2D eigenvalue weighted by atomic mass is 10.0. The third kappa shape index (κ3) is 3.31. The zero-order chi connectivity index (χ0) is 14.4. The highest BCUT2D eigenvalue weighted by molar-refractivity contribution is 5.87. The molecule has 0 saturated heterocycles. The number of benzene rings is 2. The van der Waals surface area contributed by atoms with E-state index in [4.69, 9.17) is 11.2 Å². The standard InChI is InChI=1S/C18H21NO/c1-4-12-20-18-11-10-15-8-6-7-9-16(15)17(18)13-19-14(3)5-2/h1,6-11,14,19H,5,12-13H2,2-3H3. The van der Waals surface area contributed by atoms with Crippen LogP contribution in [0.1, 0.15) is 25.8 Å². The minimum absolute atomic E-state index is 0.300. The van der Waals surface area contributed by atoms with Crippen LogP contribution in [0.4, 0.5) is 0 Å². The van der Waals surface area contributed by atoms with Gasteiger partial charge in [0.05, 0.1) is 0 Å². The van der Waals surface area contributed by atoms with E-state index in [0.29, 0.717) is 12.6 Å². The van der Waals surface area contributed by atoms with Crippen molar-refractivity contribution in [3.8, 4) is 18.1 Å². The molecule has 0 bridgehead atoms. The smallest absolute Gasteiger partial charge is 0.148 e. The summed E-state index contributed by atoms with van der Waals surface area (Å²) in [5.74, 6) is 3.40. The van der Waals surface area contributed by atoms with Crippen LogP contribution in [-0.4, -0.2) is 12.6 Å². The fraction of sp³-hybridized carbons (Fsp3) is 0.333. The Morgan fingerprint density at radius 1 is 1.25 bits per heavy atom. The van der Waals surface area contributed by atoms with Crippen molar-refractivity contribution >= 4 is 10.8 Å². The molecular weight excluding hydrogens is 246 g/mol. The number of fused-ring (bicyclic) bond motifs is 1. The van der Waals surface area contributed by atoms with Gasteiger partial charge in [0.25, 0.3) is 0 Å². The first-order chi connectivity index (χ1) is 9.76. The van der Waals surface area contributed by atoms with Crippen molar-refractivity contribution in [2.24, 2.45) is 0 Å². The fourth-order valence-electron chi connectivity index (χ4n) is 2.17. The van der Waals surface area contributed by atoms with E-state index in [2.05, 4.69) is 55.4 Å².